The summed E-state index contributed by atoms with van der Waals surface area (Å²) in [5, 5.41) is 3.82. The van der Waals surface area contributed by atoms with Gasteiger partial charge in [0.2, 0.25) is 0 Å². The smallest absolute Gasteiger partial charge is 0.387 e. The van der Waals surface area contributed by atoms with Crippen molar-refractivity contribution >= 4 is 27.9 Å². The molecule has 0 radical (unpaired) electrons. The molecule has 5 rings (SSSR count). The number of amides is 1. The molecule has 1 saturated heterocycles. The summed E-state index contributed by atoms with van der Waals surface area (Å²) in [4.78, 5) is 18.8. The number of rotatable bonds is 8. The Bertz CT molecular complexity index is 1350. The van der Waals surface area contributed by atoms with Crippen LogP contribution in [0.15, 0.2) is 77.4 Å². The Balaban J connectivity index is 1.49. The Labute approximate surface area is 224 Å². The molecular formula is C29H29F2N3O3S. The van der Waals surface area contributed by atoms with Gasteiger partial charge in [-0.1, -0.05) is 30.3 Å². The lowest BCUT2D eigenvalue weighted by molar-refractivity contribution is -0.0498. The molecular weight excluding hydrogens is 508 g/mol. The standard InChI is InChI=1S/C29H29F2N3O3S/c1-19-20(2)38-28(32-27(35)24-9-6-18-36-24)25(19)26(21-10-12-23(13-11-21)37-29(30)31)34-16-14-33(15-17-34)22-7-4-3-5-8-22/h3-13,18,26,29H,14-17H2,1-2H3,(H,32,35)/t26-/m0/s1. The van der Waals surface area contributed by atoms with Crippen molar-refractivity contribution in [3.05, 3.63) is 100 Å². The van der Waals surface area contributed by atoms with Crippen molar-refractivity contribution in [2.75, 3.05) is 36.4 Å². The summed E-state index contributed by atoms with van der Waals surface area (Å²) in [6.45, 7) is 4.46. The second-order valence-corrected chi connectivity index (χ2v) is 10.4. The zero-order valence-electron chi connectivity index (χ0n) is 21.2. The third-order valence-corrected chi connectivity index (χ3v) is 8.04. The Morgan fingerprint density at radius 2 is 1.68 bits per heavy atom. The van der Waals surface area contributed by atoms with E-state index in [9.17, 15) is 13.6 Å². The number of halogens is 2. The molecule has 3 heterocycles. The van der Waals surface area contributed by atoms with Crippen molar-refractivity contribution in [3.8, 4) is 5.75 Å². The summed E-state index contributed by atoms with van der Waals surface area (Å²) in [6, 6.07) is 20.2. The van der Waals surface area contributed by atoms with Gasteiger partial charge < -0.3 is 19.4 Å². The number of para-hydroxylation sites is 1. The van der Waals surface area contributed by atoms with Crippen molar-refractivity contribution in [2.24, 2.45) is 0 Å². The summed E-state index contributed by atoms with van der Waals surface area (Å²) in [7, 11) is 0. The van der Waals surface area contributed by atoms with Crippen LogP contribution in [-0.4, -0.2) is 43.6 Å². The molecule has 0 saturated carbocycles. The molecule has 1 fully saturated rings. The lowest BCUT2D eigenvalue weighted by Gasteiger charge is -2.41. The van der Waals surface area contributed by atoms with Crippen LogP contribution in [0.3, 0.4) is 0 Å². The molecule has 1 aliphatic rings. The molecule has 0 unspecified atom stereocenters. The van der Waals surface area contributed by atoms with E-state index in [4.69, 9.17) is 4.42 Å². The number of piperazine rings is 1. The first kappa shape index (κ1) is 25.9. The van der Waals surface area contributed by atoms with Crippen LogP contribution < -0.4 is 15.0 Å². The molecule has 0 bridgehead atoms. The Kier molecular flexibility index (Phi) is 7.76. The normalized spacial score (nSPS) is 15.0. The van der Waals surface area contributed by atoms with E-state index in [2.05, 4.69) is 38.9 Å². The molecule has 0 spiro atoms. The SMILES string of the molecule is Cc1sc(NC(=O)c2ccco2)c([C@H](c2ccc(OC(F)F)cc2)N2CCN(c3ccccc3)CC2)c1C. The van der Waals surface area contributed by atoms with E-state index in [1.54, 1.807) is 24.3 Å². The van der Waals surface area contributed by atoms with Gasteiger partial charge in [0.05, 0.1) is 12.3 Å². The number of aryl methyl sites for hydroxylation is 1. The van der Waals surface area contributed by atoms with E-state index in [-0.39, 0.29) is 23.5 Å². The highest BCUT2D eigenvalue weighted by atomic mass is 32.1. The van der Waals surface area contributed by atoms with E-state index >= 15 is 0 Å². The van der Waals surface area contributed by atoms with Crippen LogP contribution in [0.25, 0.3) is 0 Å². The highest BCUT2D eigenvalue weighted by Crippen LogP contribution is 2.43. The van der Waals surface area contributed by atoms with Gasteiger partial charge in [0.25, 0.3) is 5.91 Å². The number of anilines is 2. The number of carbonyl (C=O) groups excluding carboxylic acids is 1. The fourth-order valence-corrected chi connectivity index (χ4v) is 6.00. The maximum Gasteiger partial charge on any atom is 0.387 e. The van der Waals surface area contributed by atoms with Gasteiger partial charge in [0, 0.05) is 42.3 Å². The number of nitrogens with zero attached hydrogens (tertiary/aromatic N) is 2. The number of benzene rings is 2. The molecule has 2 aromatic heterocycles. The Hall–Kier alpha value is -3.69. The highest BCUT2D eigenvalue weighted by Gasteiger charge is 2.32. The molecule has 198 valence electrons. The molecule has 4 aromatic rings. The second kappa shape index (κ2) is 11.4. The van der Waals surface area contributed by atoms with Crippen LogP contribution in [0.2, 0.25) is 0 Å². The first-order chi connectivity index (χ1) is 18.4. The van der Waals surface area contributed by atoms with Crippen molar-refractivity contribution < 1.29 is 22.7 Å². The minimum Gasteiger partial charge on any atom is -0.459 e. The van der Waals surface area contributed by atoms with Crippen molar-refractivity contribution in [2.45, 2.75) is 26.5 Å². The van der Waals surface area contributed by atoms with Crippen LogP contribution in [-0.2, 0) is 0 Å². The summed E-state index contributed by atoms with van der Waals surface area (Å²) < 4.78 is 35.4. The van der Waals surface area contributed by atoms with E-state index in [0.717, 1.165) is 52.7 Å². The molecule has 1 atom stereocenters. The number of hydrogen-bond donors (Lipinski definition) is 1. The maximum absolute atomic E-state index is 12.9. The van der Waals surface area contributed by atoms with Gasteiger partial charge in [-0.3, -0.25) is 9.69 Å². The lowest BCUT2D eigenvalue weighted by atomic mass is 9.94. The summed E-state index contributed by atoms with van der Waals surface area (Å²) in [5.74, 6) is 0.0352. The lowest BCUT2D eigenvalue weighted by Crippen LogP contribution is -2.48. The average Bonchev–Trinajstić information content (AvgIpc) is 3.55. The van der Waals surface area contributed by atoms with Gasteiger partial charge in [-0.15, -0.1) is 11.3 Å². The number of nitrogens with one attached hydrogen (secondary N) is 1. The third-order valence-electron chi connectivity index (χ3n) is 6.90. The second-order valence-electron chi connectivity index (χ2n) is 9.17. The van der Waals surface area contributed by atoms with Gasteiger partial charge in [-0.05, 0) is 61.4 Å². The predicted octanol–water partition coefficient (Wildman–Crippen LogP) is 6.72. The molecule has 1 aliphatic heterocycles. The fourth-order valence-electron chi connectivity index (χ4n) is 4.91. The van der Waals surface area contributed by atoms with E-state index < -0.39 is 6.61 Å². The zero-order chi connectivity index (χ0) is 26.6. The van der Waals surface area contributed by atoms with Crippen LogP contribution in [0.1, 0.15) is 38.2 Å². The average molecular weight is 538 g/mol. The van der Waals surface area contributed by atoms with Gasteiger partial charge in [-0.2, -0.15) is 8.78 Å². The van der Waals surface area contributed by atoms with Crippen LogP contribution >= 0.6 is 11.3 Å². The predicted molar refractivity (Wildman–Crippen MR) is 146 cm³/mol. The minimum atomic E-state index is -2.88. The van der Waals surface area contributed by atoms with Crippen LogP contribution in [0.4, 0.5) is 19.5 Å². The van der Waals surface area contributed by atoms with Crippen molar-refractivity contribution in [1.29, 1.82) is 0 Å². The topological polar surface area (TPSA) is 58.0 Å². The molecule has 1 N–H and O–H groups in total. The van der Waals surface area contributed by atoms with Crippen LogP contribution in [0, 0.1) is 13.8 Å². The van der Waals surface area contributed by atoms with Crippen molar-refractivity contribution in [1.82, 2.24) is 4.90 Å². The summed E-state index contributed by atoms with van der Waals surface area (Å²) in [6.07, 6.45) is 1.47. The van der Waals surface area contributed by atoms with E-state index in [0.29, 0.717) is 0 Å². The molecule has 0 aliphatic carbocycles. The van der Waals surface area contributed by atoms with Gasteiger partial charge in [-0.25, -0.2) is 0 Å². The number of furan rings is 1. The Morgan fingerprint density at radius 1 is 0.974 bits per heavy atom. The molecule has 9 heteroatoms. The molecule has 2 aromatic carbocycles. The largest absolute Gasteiger partial charge is 0.459 e. The zero-order valence-corrected chi connectivity index (χ0v) is 22.0. The monoisotopic (exact) mass is 537 g/mol. The van der Waals surface area contributed by atoms with Crippen molar-refractivity contribution in [3.63, 3.8) is 0 Å². The molecule has 1 amide bonds. The van der Waals surface area contributed by atoms with E-state index in [1.807, 2.05) is 37.3 Å². The number of hydrogen-bond acceptors (Lipinski definition) is 6. The minimum absolute atomic E-state index is 0.112. The third kappa shape index (κ3) is 5.58. The Morgan fingerprint density at radius 3 is 2.32 bits per heavy atom. The summed E-state index contributed by atoms with van der Waals surface area (Å²) >= 11 is 1.53. The number of thiophene rings is 1. The first-order valence-electron chi connectivity index (χ1n) is 12.4. The van der Waals surface area contributed by atoms with E-state index in [1.165, 1.54) is 23.3 Å². The van der Waals surface area contributed by atoms with Crippen LogP contribution in [0.5, 0.6) is 5.75 Å². The summed E-state index contributed by atoms with van der Waals surface area (Å²) in [5.41, 5.74) is 4.22. The first-order valence-corrected chi connectivity index (χ1v) is 13.3. The van der Waals surface area contributed by atoms with Gasteiger partial charge in [0.1, 0.15) is 10.8 Å². The quantitative estimate of drug-likeness (QED) is 0.270. The van der Waals surface area contributed by atoms with Gasteiger partial charge >= 0.3 is 6.61 Å². The number of alkyl halides is 2. The number of ether oxygens (including phenoxy) is 1. The highest BCUT2D eigenvalue weighted by molar-refractivity contribution is 7.16. The molecule has 6 nitrogen and oxygen atoms in total. The number of carbonyl (C=O) groups is 1. The molecule has 38 heavy (non-hydrogen) atoms. The maximum atomic E-state index is 12.9. The van der Waals surface area contributed by atoms with Gasteiger partial charge in [0.15, 0.2) is 5.76 Å². The fraction of sp³-hybridized carbons (Fsp3) is 0.276.